The summed E-state index contributed by atoms with van der Waals surface area (Å²) in [6.45, 7) is 7.87. The summed E-state index contributed by atoms with van der Waals surface area (Å²) in [6, 6.07) is -3.90. The third kappa shape index (κ3) is 9.13. The van der Waals surface area contributed by atoms with E-state index in [1.54, 1.807) is 0 Å². The van der Waals surface area contributed by atoms with E-state index in [0.717, 1.165) is 72.3 Å². The minimum Gasteiger partial charge on any atom is -0.347 e. The number of rotatable bonds is 15. The van der Waals surface area contributed by atoms with Gasteiger partial charge in [0.05, 0.1) is 17.3 Å². The van der Waals surface area contributed by atoms with Crippen molar-refractivity contribution < 1.29 is 45.6 Å². The fourth-order valence-corrected chi connectivity index (χ4v) is 11.9. The van der Waals surface area contributed by atoms with Crippen LogP contribution in [0.2, 0.25) is 0 Å². The fraction of sp³-hybridized carbons (Fsp3) is 0.875. The maximum Gasteiger partial charge on any atom is 0.407 e. The molecule has 0 bridgehead atoms. The van der Waals surface area contributed by atoms with Crippen LogP contribution >= 0.6 is 0 Å². The molecule has 6 fully saturated rings. The lowest BCUT2D eigenvalue weighted by atomic mass is 9.70. The van der Waals surface area contributed by atoms with E-state index >= 15 is 0 Å². The second kappa shape index (κ2) is 15.6. The van der Waals surface area contributed by atoms with Gasteiger partial charge in [0.2, 0.25) is 27.6 Å². The van der Waals surface area contributed by atoms with Crippen molar-refractivity contribution in [3.63, 3.8) is 0 Å². The first kappa shape index (κ1) is 43.6. The molecular weight excluding hydrogens is 766 g/mol. The number of fused-ring (bicyclic) bond motifs is 1. The van der Waals surface area contributed by atoms with Crippen molar-refractivity contribution >= 4 is 39.6 Å². The van der Waals surface area contributed by atoms with Crippen molar-refractivity contribution in [2.45, 2.75) is 172 Å². The summed E-state index contributed by atoms with van der Waals surface area (Å²) in [5.41, 5.74) is -5.06. The van der Waals surface area contributed by atoms with E-state index in [1.165, 1.54) is 4.90 Å². The number of carbonyl (C=O) groups is 5. The van der Waals surface area contributed by atoms with Crippen molar-refractivity contribution in [1.29, 1.82) is 0 Å². The standard InChI is InChI=1S/C40H63F3N6O7S/c1-36(2)26-22-49(29(28(26)36)32(51)45-27(21-24-13-14-24)30(50)33(52)44-25-15-16-25)34(53)31(38(5)17-9-7-10-18-38)46-35(54)47-39(19-11-8-12-20-39)23-57(55,56)48(6)37(3,4)40(41,42)43/h24-29,31H,7-23H2,1-6H3,(H,44,52)(H,45,51)(H2,46,47,54)/t26-,27-,28-,29-,31+/m0/s1. The van der Waals surface area contributed by atoms with Crippen LogP contribution in [0.1, 0.15) is 131 Å². The first-order chi connectivity index (χ1) is 26.4. The second-order valence-electron chi connectivity index (χ2n) is 19.6. The predicted octanol–water partition coefficient (Wildman–Crippen LogP) is 4.55. The number of ketones is 1. The zero-order chi connectivity index (χ0) is 41.9. The van der Waals surface area contributed by atoms with E-state index < -0.39 is 86.1 Å². The van der Waals surface area contributed by atoms with Crippen molar-refractivity contribution in [3.8, 4) is 0 Å². The molecule has 17 heteroatoms. The number of urea groups is 1. The normalized spacial score (nSPS) is 27.8. The average molecular weight is 829 g/mol. The second-order valence-corrected chi connectivity index (χ2v) is 21.6. The summed E-state index contributed by atoms with van der Waals surface area (Å²) >= 11 is 0. The number of Topliss-reactive ketones (excluding diaryl/α,β-unsaturated/α-hetero) is 1. The lowest BCUT2D eigenvalue weighted by Crippen LogP contribution is -2.65. The van der Waals surface area contributed by atoms with Gasteiger partial charge in [-0.25, -0.2) is 13.2 Å². The summed E-state index contributed by atoms with van der Waals surface area (Å²) in [7, 11) is -3.65. The van der Waals surface area contributed by atoms with Crippen molar-refractivity contribution in [1.82, 2.24) is 30.5 Å². The molecule has 6 aliphatic rings. The van der Waals surface area contributed by atoms with Gasteiger partial charge in [0, 0.05) is 19.6 Å². The minimum atomic E-state index is -4.85. The molecule has 5 amide bonds. The van der Waals surface area contributed by atoms with Gasteiger partial charge in [-0.1, -0.05) is 72.1 Å². The van der Waals surface area contributed by atoms with Crippen molar-refractivity contribution in [2.24, 2.45) is 28.6 Å². The number of likely N-dealkylation sites (tertiary alicyclic amines) is 1. The maximum atomic E-state index is 15.0. The van der Waals surface area contributed by atoms with Crippen LogP contribution in [0.5, 0.6) is 0 Å². The molecule has 0 aromatic heterocycles. The Morgan fingerprint density at radius 3 is 1.98 bits per heavy atom. The van der Waals surface area contributed by atoms with E-state index in [-0.39, 0.29) is 48.6 Å². The number of nitrogens with zero attached hydrogens (tertiary/aromatic N) is 2. The summed E-state index contributed by atoms with van der Waals surface area (Å²) in [5.74, 6) is -3.10. The highest BCUT2D eigenvalue weighted by molar-refractivity contribution is 7.89. The monoisotopic (exact) mass is 828 g/mol. The quantitative estimate of drug-likeness (QED) is 0.175. The molecule has 1 heterocycles. The molecule has 13 nitrogen and oxygen atoms in total. The first-order valence-electron chi connectivity index (χ1n) is 21.0. The highest BCUT2D eigenvalue weighted by atomic mass is 32.2. The van der Waals surface area contributed by atoms with Gasteiger partial charge in [0.15, 0.2) is 0 Å². The zero-order valence-corrected chi connectivity index (χ0v) is 35.2. The van der Waals surface area contributed by atoms with Gasteiger partial charge in [0.25, 0.3) is 5.91 Å². The highest BCUT2D eigenvalue weighted by Gasteiger charge is 2.70. The number of nitrogens with one attached hydrogen (secondary N) is 4. The maximum absolute atomic E-state index is 15.0. The molecule has 6 rings (SSSR count). The topological polar surface area (TPSA) is 174 Å². The van der Waals surface area contributed by atoms with Gasteiger partial charge in [-0.2, -0.15) is 17.5 Å². The largest absolute Gasteiger partial charge is 0.407 e. The number of hydrogen-bond acceptors (Lipinski definition) is 7. The lowest BCUT2D eigenvalue weighted by molar-refractivity contribution is -0.202. The molecule has 1 aliphatic heterocycles. The number of carbonyl (C=O) groups excluding carboxylic acids is 5. The van der Waals surface area contributed by atoms with Crippen LogP contribution in [0.25, 0.3) is 0 Å². The third-order valence-electron chi connectivity index (χ3n) is 14.6. The molecule has 1 saturated heterocycles. The molecule has 5 saturated carbocycles. The smallest absolute Gasteiger partial charge is 0.347 e. The van der Waals surface area contributed by atoms with Crippen LogP contribution in [-0.2, 0) is 29.2 Å². The Kier molecular flexibility index (Phi) is 11.9. The summed E-state index contributed by atoms with van der Waals surface area (Å²) in [5, 5.41) is 11.4. The molecular formula is C40H63F3N6O7S. The van der Waals surface area contributed by atoms with Crippen LogP contribution in [0.15, 0.2) is 0 Å². The van der Waals surface area contributed by atoms with Crippen LogP contribution in [0, 0.1) is 28.6 Å². The van der Waals surface area contributed by atoms with Gasteiger partial charge in [-0.3, -0.25) is 19.2 Å². The van der Waals surface area contributed by atoms with Crippen LogP contribution < -0.4 is 21.3 Å². The Labute approximate surface area is 335 Å². The van der Waals surface area contributed by atoms with Crippen molar-refractivity contribution in [3.05, 3.63) is 0 Å². The Balaban J connectivity index is 1.24. The Morgan fingerprint density at radius 2 is 1.44 bits per heavy atom. The summed E-state index contributed by atoms with van der Waals surface area (Å²) < 4.78 is 69.5. The predicted molar refractivity (Wildman–Crippen MR) is 206 cm³/mol. The summed E-state index contributed by atoms with van der Waals surface area (Å²) in [4.78, 5) is 71.3. The number of sulfonamides is 1. The number of piperidine rings is 1. The fourth-order valence-electron chi connectivity index (χ4n) is 9.89. The Hall–Kier alpha value is -2.95. The Bertz CT molecular complexity index is 1700. The molecule has 57 heavy (non-hydrogen) atoms. The SMILES string of the molecule is CN(C(C)(C)C(F)(F)F)S(=O)(=O)CC1(NC(=O)N[C@H](C(=O)N2C[C@H]3[C@@H]([C@H]2C(=O)N[C@@H](CC2CC2)C(=O)C(=O)NC2CC2)C3(C)C)C2(C)CCCCC2)CCCCC1. The molecule has 0 spiro atoms. The number of halogens is 3. The van der Waals surface area contributed by atoms with Crippen LogP contribution in [0.4, 0.5) is 18.0 Å². The van der Waals surface area contributed by atoms with Gasteiger partial charge in [-0.15, -0.1) is 0 Å². The van der Waals surface area contributed by atoms with E-state index in [2.05, 4.69) is 21.3 Å². The molecule has 0 aromatic rings. The first-order valence-corrected chi connectivity index (χ1v) is 22.6. The van der Waals surface area contributed by atoms with Gasteiger partial charge < -0.3 is 26.2 Å². The van der Waals surface area contributed by atoms with E-state index in [9.17, 15) is 45.6 Å². The minimum absolute atomic E-state index is 0.00441. The van der Waals surface area contributed by atoms with E-state index in [4.69, 9.17) is 0 Å². The summed E-state index contributed by atoms with van der Waals surface area (Å²) in [6.07, 6.45) is 5.01. The molecule has 5 atom stereocenters. The number of alkyl halides is 3. The molecule has 0 radical (unpaired) electrons. The average Bonchev–Trinajstić information content (AvgIpc) is 4.09. The van der Waals surface area contributed by atoms with Gasteiger partial charge in [0.1, 0.15) is 17.6 Å². The molecule has 5 aliphatic carbocycles. The van der Waals surface area contributed by atoms with Gasteiger partial charge >= 0.3 is 12.2 Å². The van der Waals surface area contributed by atoms with E-state index in [0.29, 0.717) is 36.4 Å². The zero-order valence-electron chi connectivity index (χ0n) is 34.4. The van der Waals surface area contributed by atoms with E-state index in [1.807, 2.05) is 20.8 Å². The van der Waals surface area contributed by atoms with Crippen LogP contribution in [-0.4, -0.2) is 108 Å². The molecule has 0 unspecified atom stereocenters. The molecule has 322 valence electrons. The van der Waals surface area contributed by atoms with Gasteiger partial charge in [-0.05, 0) is 87.4 Å². The molecule has 0 aromatic carbocycles. The number of amides is 5. The Morgan fingerprint density at radius 1 is 0.860 bits per heavy atom. The highest BCUT2D eigenvalue weighted by Crippen LogP contribution is 2.65. The third-order valence-corrected chi connectivity index (χ3v) is 16.8. The lowest BCUT2D eigenvalue weighted by Gasteiger charge is -2.44. The van der Waals surface area contributed by atoms with Crippen molar-refractivity contribution in [2.75, 3.05) is 19.3 Å². The molecule has 4 N–H and O–H groups in total. The number of hydrogen-bond donors (Lipinski definition) is 4. The van der Waals surface area contributed by atoms with Crippen LogP contribution in [0.3, 0.4) is 0 Å².